The number of fused-ring (bicyclic) bond motifs is 1. The van der Waals surface area contributed by atoms with Crippen LogP contribution in [0.3, 0.4) is 0 Å². The third-order valence-electron chi connectivity index (χ3n) is 2.51. The van der Waals surface area contributed by atoms with Gasteiger partial charge < -0.3 is 21.5 Å². The van der Waals surface area contributed by atoms with Crippen molar-refractivity contribution < 1.29 is 9.53 Å². The zero-order valence-electron chi connectivity index (χ0n) is 10.4. The maximum atomic E-state index is 10.5. The number of ether oxygens (including phenoxy) is 1. The van der Waals surface area contributed by atoms with E-state index in [1.54, 1.807) is 0 Å². The molecule has 0 bridgehead atoms. The molecule has 2 aromatic rings. The highest BCUT2D eigenvalue weighted by molar-refractivity contribution is 5.83. The summed E-state index contributed by atoms with van der Waals surface area (Å²) in [5, 5.41) is 4.10. The molecule has 0 atom stereocenters. The summed E-state index contributed by atoms with van der Waals surface area (Å²) in [6.07, 6.45) is 0. The van der Waals surface area contributed by atoms with Crippen LogP contribution in [0.15, 0.2) is 30.3 Å². The van der Waals surface area contributed by atoms with E-state index in [1.165, 1.54) is 0 Å². The van der Waals surface area contributed by atoms with E-state index in [4.69, 9.17) is 16.2 Å². The number of hydrogen-bond acceptors (Lipinski definition) is 5. The second-order valence-electron chi connectivity index (χ2n) is 4.09. The lowest BCUT2D eigenvalue weighted by Gasteiger charge is -2.07. The van der Waals surface area contributed by atoms with Crippen molar-refractivity contribution in [2.45, 2.75) is 0 Å². The topological polar surface area (TPSA) is 103 Å². The lowest BCUT2D eigenvalue weighted by molar-refractivity contribution is -0.122. The second-order valence-corrected chi connectivity index (χ2v) is 4.09. The van der Waals surface area contributed by atoms with Crippen LogP contribution in [0.2, 0.25) is 0 Å². The van der Waals surface area contributed by atoms with Gasteiger partial charge in [-0.15, -0.1) is 0 Å². The fourth-order valence-electron chi connectivity index (χ4n) is 1.67. The molecular weight excluding hydrogens is 244 g/mol. The molecule has 2 rings (SSSR count). The molecule has 0 fully saturated rings. The van der Waals surface area contributed by atoms with Gasteiger partial charge in [0.25, 0.3) is 0 Å². The highest BCUT2D eigenvalue weighted by Crippen LogP contribution is 2.17. The van der Waals surface area contributed by atoms with Gasteiger partial charge in [-0.1, -0.05) is 0 Å². The molecule has 5 N–H and O–H groups in total. The first-order valence-corrected chi connectivity index (χ1v) is 5.91. The highest BCUT2D eigenvalue weighted by atomic mass is 16.5. The van der Waals surface area contributed by atoms with Gasteiger partial charge >= 0.3 is 0 Å². The summed E-state index contributed by atoms with van der Waals surface area (Å²) < 4.78 is 5.04. The van der Waals surface area contributed by atoms with Gasteiger partial charge in [0.2, 0.25) is 5.91 Å². The van der Waals surface area contributed by atoms with Gasteiger partial charge in [-0.3, -0.25) is 4.79 Å². The number of nitrogens with zero attached hydrogens (tertiary/aromatic N) is 1. The third kappa shape index (κ3) is 3.82. The van der Waals surface area contributed by atoms with Crippen LogP contribution < -0.4 is 16.8 Å². The molecule has 1 aromatic carbocycles. The fraction of sp³-hybridized carbons (Fsp3) is 0.231. The summed E-state index contributed by atoms with van der Waals surface area (Å²) in [7, 11) is 0. The quantitative estimate of drug-likeness (QED) is 0.525. The first kappa shape index (κ1) is 13.1. The van der Waals surface area contributed by atoms with Crippen molar-refractivity contribution in [1.29, 1.82) is 0 Å². The van der Waals surface area contributed by atoms with Crippen LogP contribution in [0.25, 0.3) is 10.9 Å². The number of carbonyl (C=O) groups excluding carboxylic acids is 1. The molecule has 0 saturated carbocycles. The number of anilines is 2. The van der Waals surface area contributed by atoms with Crippen molar-refractivity contribution in [3.63, 3.8) is 0 Å². The Morgan fingerprint density at radius 3 is 2.95 bits per heavy atom. The van der Waals surface area contributed by atoms with Gasteiger partial charge in [-0.25, -0.2) is 4.98 Å². The number of nitrogen functional groups attached to an aromatic ring is 1. The molecular formula is C13H16N4O2. The third-order valence-corrected chi connectivity index (χ3v) is 2.51. The molecule has 100 valence electrons. The number of nitrogens with one attached hydrogen (secondary N) is 1. The molecule has 6 heteroatoms. The standard InChI is InChI=1S/C13H16N4O2/c14-10-2-3-11-9(7-10)1-4-13(17-11)16-5-6-19-8-12(15)18/h1-4,7H,5-6,8,14H2,(H2,15,18)(H,16,17). The van der Waals surface area contributed by atoms with Crippen LogP contribution in [0.5, 0.6) is 0 Å². The molecule has 0 spiro atoms. The molecule has 1 amide bonds. The van der Waals surface area contributed by atoms with E-state index < -0.39 is 5.91 Å². The molecule has 0 unspecified atom stereocenters. The van der Waals surface area contributed by atoms with Gasteiger partial charge in [0, 0.05) is 17.6 Å². The van der Waals surface area contributed by atoms with Crippen LogP contribution in [-0.2, 0) is 9.53 Å². The Morgan fingerprint density at radius 2 is 2.16 bits per heavy atom. The second kappa shape index (κ2) is 6.01. The predicted octanol–water partition coefficient (Wildman–Crippen LogP) is 0.731. The van der Waals surface area contributed by atoms with Gasteiger partial charge in [-0.05, 0) is 30.3 Å². The number of hydrogen-bond donors (Lipinski definition) is 3. The lowest BCUT2D eigenvalue weighted by atomic mass is 10.2. The Kier molecular flexibility index (Phi) is 4.15. The van der Waals surface area contributed by atoms with Gasteiger partial charge in [0.1, 0.15) is 12.4 Å². The lowest BCUT2D eigenvalue weighted by Crippen LogP contribution is -2.20. The molecule has 0 saturated heterocycles. The van der Waals surface area contributed by atoms with Crippen LogP contribution in [0, 0.1) is 0 Å². The SMILES string of the molecule is NC(=O)COCCNc1ccc2cc(N)ccc2n1. The Labute approximate surface area is 110 Å². The van der Waals surface area contributed by atoms with E-state index >= 15 is 0 Å². The van der Waals surface area contributed by atoms with Crippen LogP contribution in [0.1, 0.15) is 0 Å². The maximum absolute atomic E-state index is 10.5. The van der Waals surface area contributed by atoms with Crippen molar-refractivity contribution in [1.82, 2.24) is 4.98 Å². The Balaban J connectivity index is 1.91. The average Bonchev–Trinajstić information content (AvgIpc) is 2.38. The predicted molar refractivity (Wildman–Crippen MR) is 74.7 cm³/mol. The molecule has 0 aliphatic heterocycles. The molecule has 0 radical (unpaired) electrons. The van der Waals surface area contributed by atoms with Crippen LogP contribution in [-0.4, -0.2) is 30.6 Å². The van der Waals surface area contributed by atoms with Crippen molar-refractivity contribution in [2.24, 2.45) is 5.73 Å². The zero-order valence-corrected chi connectivity index (χ0v) is 10.4. The number of carbonyl (C=O) groups is 1. The molecule has 0 aliphatic rings. The number of rotatable bonds is 6. The van der Waals surface area contributed by atoms with Gasteiger partial charge in [0.05, 0.1) is 12.1 Å². The summed E-state index contributed by atoms with van der Waals surface area (Å²) >= 11 is 0. The molecule has 6 nitrogen and oxygen atoms in total. The summed E-state index contributed by atoms with van der Waals surface area (Å²) in [6.45, 7) is 0.886. The molecule has 0 aliphatic carbocycles. The fourth-order valence-corrected chi connectivity index (χ4v) is 1.67. The first-order chi connectivity index (χ1) is 9.15. The van der Waals surface area contributed by atoms with E-state index in [0.29, 0.717) is 13.2 Å². The summed E-state index contributed by atoms with van der Waals surface area (Å²) in [4.78, 5) is 14.9. The summed E-state index contributed by atoms with van der Waals surface area (Å²) in [5.74, 6) is 0.279. The normalized spacial score (nSPS) is 10.5. The van der Waals surface area contributed by atoms with E-state index in [2.05, 4.69) is 10.3 Å². The zero-order chi connectivity index (χ0) is 13.7. The highest BCUT2D eigenvalue weighted by Gasteiger charge is 1.99. The van der Waals surface area contributed by atoms with Crippen molar-refractivity contribution in [3.05, 3.63) is 30.3 Å². The van der Waals surface area contributed by atoms with E-state index in [0.717, 1.165) is 22.4 Å². The van der Waals surface area contributed by atoms with Crippen molar-refractivity contribution in [3.8, 4) is 0 Å². The van der Waals surface area contributed by atoms with Gasteiger partial charge in [0.15, 0.2) is 0 Å². The van der Waals surface area contributed by atoms with E-state index in [1.807, 2.05) is 30.3 Å². The minimum Gasteiger partial charge on any atom is -0.399 e. The largest absolute Gasteiger partial charge is 0.399 e. The van der Waals surface area contributed by atoms with Crippen LogP contribution in [0.4, 0.5) is 11.5 Å². The smallest absolute Gasteiger partial charge is 0.243 e. The summed E-state index contributed by atoms with van der Waals surface area (Å²) in [6, 6.07) is 9.39. The Bertz CT molecular complexity index is 586. The van der Waals surface area contributed by atoms with E-state index in [-0.39, 0.29) is 6.61 Å². The Hall–Kier alpha value is -2.34. The number of aromatic nitrogens is 1. The van der Waals surface area contributed by atoms with E-state index in [9.17, 15) is 4.79 Å². The number of amides is 1. The minimum absolute atomic E-state index is 0.0634. The monoisotopic (exact) mass is 260 g/mol. The first-order valence-electron chi connectivity index (χ1n) is 5.91. The molecule has 1 heterocycles. The Morgan fingerprint density at radius 1 is 1.32 bits per heavy atom. The molecule has 1 aromatic heterocycles. The summed E-state index contributed by atoms with van der Waals surface area (Å²) in [5.41, 5.74) is 12.2. The number of benzene rings is 1. The number of nitrogens with two attached hydrogens (primary N) is 2. The van der Waals surface area contributed by atoms with Gasteiger partial charge in [-0.2, -0.15) is 0 Å². The van der Waals surface area contributed by atoms with Crippen molar-refractivity contribution in [2.75, 3.05) is 30.8 Å². The van der Waals surface area contributed by atoms with Crippen molar-refractivity contribution >= 4 is 28.3 Å². The number of primary amides is 1. The molecule has 19 heavy (non-hydrogen) atoms. The number of pyridine rings is 1. The minimum atomic E-state index is -0.471. The average molecular weight is 260 g/mol. The maximum Gasteiger partial charge on any atom is 0.243 e. The van der Waals surface area contributed by atoms with Crippen LogP contribution >= 0.6 is 0 Å².